The monoisotopic (exact) mass is 390 g/mol. The van der Waals surface area contributed by atoms with Crippen LogP contribution in [0, 0.1) is 30.6 Å². The highest BCUT2D eigenvalue weighted by Gasteiger charge is 2.49. The Morgan fingerprint density at radius 2 is 1.63 bits per heavy atom. The molecule has 4 aliphatic carbocycles. The average Bonchev–Trinajstić information content (AvgIpc) is 2.56. The number of hydrogen-bond acceptors (Lipinski definition) is 3. The zero-order valence-electron chi connectivity index (χ0n) is 16.4. The predicted octanol–water partition coefficient (Wildman–Crippen LogP) is 2.99. The molecule has 1 aromatic rings. The molecule has 0 atom stereocenters. The number of aryl methyl sites for hydroxylation is 1. The highest BCUT2D eigenvalue weighted by Crippen LogP contribution is 2.53. The average molecular weight is 391 g/mol. The van der Waals surface area contributed by atoms with Crippen molar-refractivity contribution in [3.05, 3.63) is 29.8 Å². The van der Waals surface area contributed by atoms with Crippen LogP contribution in [0.1, 0.15) is 51.5 Å². The number of amides is 1. The summed E-state index contributed by atoms with van der Waals surface area (Å²) in [5.74, 6) is 2.59. The Kier molecular flexibility index (Phi) is 4.62. The van der Waals surface area contributed by atoms with Crippen molar-refractivity contribution < 1.29 is 13.2 Å². The number of nitrogens with one attached hydrogen (secondary N) is 2. The van der Waals surface area contributed by atoms with Crippen LogP contribution in [0.4, 0.5) is 0 Å². The molecule has 2 N–H and O–H groups in total. The number of hydrogen-bond donors (Lipinski definition) is 2. The second-order valence-corrected chi connectivity index (χ2v) is 11.2. The van der Waals surface area contributed by atoms with Gasteiger partial charge in [-0.3, -0.25) is 4.79 Å². The third-order valence-corrected chi connectivity index (χ3v) is 8.44. The molecule has 0 radical (unpaired) electrons. The van der Waals surface area contributed by atoms with Gasteiger partial charge in [0, 0.05) is 6.04 Å². The van der Waals surface area contributed by atoms with Crippen molar-refractivity contribution in [3.63, 3.8) is 0 Å². The Labute approximate surface area is 162 Å². The van der Waals surface area contributed by atoms with Crippen LogP contribution in [0.15, 0.2) is 29.2 Å². The van der Waals surface area contributed by atoms with Crippen molar-refractivity contribution in [1.82, 2.24) is 10.0 Å². The lowest BCUT2D eigenvalue weighted by atomic mass is 9.54. The fraction of sp³-hybridized carbons (Fsp3) is 0.667. The van der Waals surface area contributed by atoms with Crippen LogP contribution in [0.3, 0.4) is 0 Å². The van der Waals surface area contributed by atoms with E-state index < -0.39 is 15.6 Å². The van der Waals surface area contributed by atoms with Crippen LogP contribution in [-0.4, -0.2) is 25.9 Å². The van der Waals surface area contributed by atoms with E-state index >= 15 is 0 Å². The minimum absolute atomic E-state index is 0.193. The molecule has 4 bridgehead atoms. The van der Waals surface area contributed by atoms with Gasteiger partial charge in [0.05, 0.1) is 4.90 Å². The summed E-state index contributed by atoms with van der Waals surface area (Å²) in [6, 6.07) is 6.94. The first-order chi connectivity index (χ1) is 12.6. The Hall–Kier alpha value is -1.40. The van der Waals surface area contributed by atoms with Crippen LogP contribution in [0.25, 0.3) is 0 Å². The molecule has 4 fully saturated rings. The lowest BCUT2D eigenvalue weighted by molar-refractivity contribution is -0.129. The largest absolute Gasteiger partial charge is 0.351 e. The molecule has 1 amide bonds. The highest BCUT2D eigenvalue weighted by atomic mass is 32.2. The van der Waals surface area contributed by atoms with Gasteiger partial charge in [0.2, 0.25) is 15.9 Å². The molecular weight excluding hydrogens is 360 g/mol. The van der Waals surface area contributed by atoms with Gasteiger partial charge in [0.25, 0.3) is 0 Å². The lowest BCUT2D eigenvalue weighted by Crippen LogP contribution is -2.62. The van der Waals surface area contributed by atoms with Crippen molar-refractivity contribution in [1.29, 1.82) is 0 Å². The summed E-state index contributed by atoms with van der Waals surface area (Å²) in [7, 11) is -3.76. The smallest absolute Gasteiger partial charge is 0.241 e. The SMILES string of the molecule is Cc1cccc(S(=O)(=O)NC(C)(C)C(=O)NC2C3CC4CC(C3)CC2C4)c1. The van der Waals surface area contributed by atoms with E-state index in [0.717, 1.165) is 17.4 Å². The van der Waals surface area contributed by atoms with Crippen LogP contribution in [-0.2, 0) is 14.8 Å². The predicted molar refractivity (Wildman–Crippen MR) is 105 cm³/mol. The van der Waals surface area contributed by atoms with Gasteiger partial charge in [-0.1, -0.05) is 12.1 Å². The van der Waals surface area contributed by atoms with Crippen molar-refractivity contribution in [3.8, 4) is 0 Å². The summed E-state index contributed by atoms with van der Waals surface area (Å²) >= 11 is 0. The molecule has 0 heterocycles. The number of carbonyl (C=O) groups excluding carboxylic acids is 1. The molecule has 0 aromatic heterocycles. The van der Waals surface area contributed by atoms with E-state index in [1.165, 1.54) is 32.1 Å². The van der Waals surface area contributed by atoms with Crippen LogP contribution >= 0.6 is 0 Å². The summed E-state index contributed by atoms with van der Waals surface area (Å²) < 4.78 is 28.1. The van der Waals surface area contributed by atoms with Crippen molar-refractivity contribution in [2.24, 2.45) is 23.7 Å². The van der Waals surface area contributed by atoms with E-state index in [-0.39, 0.29) is 16.8 Å². The van der Waals surface area contributed by atoms with E-state index in [1.807, 2.05) is 13.0 Å². The minimum Gasteiger partial charge on any atom is -0.351 e. The summed E-state index contributed by atoms with van der Waals surface area (Å²) in [6.07, 6.45) is 6.23. The Bertz CT molecular complexity index is 819. The maximum absolute atomic E-state index is 13.0. The first-order valence-electron chi connectivity index (χ1n) is 10.1. The molecule has 0 aliphatic heterocycles. The van der Waals surface area contributed by atoms with Crippen molar-refractivity contribution in [2.45, 2.75) is 69.4 Å². The van der Waals surface area contributed by atoms with E-state index in [9.17, 15) is 13.2 Å². The maximum atomic E-state index is 13.0. The standard InChI is InChI=1S/C21H30N2O3S/c1-13-5-4-6-18(7-13)27(25,26)23-21(2,3)20(24)22-19-16-9-14-8-15(11-16)12-17(19)10-14/h4-7,14-17,19,23H,8-12H2,1-3H3,(H,22,24). The van der Waals surface area contributed by atoms with Crippen LogP contribution in [0.5, 0.6) is 0 Å². The second kappa shape index (κ2) is 6.59. The van der Waals surface area contributed by atoms with E-state index in [2.05, 4.69) is 10.0 Å². The van der Waals surface area contributed by atoms with Gasteiger partial charge in [0.15, 0.2) is 0 Å². The van der Waals surface area contributed by atoms with Gasteiger partial charge in [-0.15, -0.1) is 0 Å². The number of sulfonamides is 1. The van der Waals surface area contributed by atoms with Gasteiger partial charge in [-0.05, 0) is 94.2 Å². The molecule has 1 aromatic carbocycles. The molecule has 4 saturated carbocycles. The van der Waals surface area contributed by atoms with Gasteiger partial charge in [-0.2, -0.15) is 4.72 Å². The molecule has 4 aliphatic rings. The zero-order chi connectivity index (χ0) is 19.4. The van der Waals surface area contributed by atoms with E-state index in [4.69, 9.17) is 0 Å². The molecule has 5 nitrogen and oxygen atoms in total. The number of rotatable bonds is 5. The van der Waals surface area contributed by atoms with Gasteiger partial charge in [-0.25, -0.2) is 8.42 Å². The third-order valence-electron chi connectivity index (χ3n) is 6.78. The Balaban J connectivity index is 1.46. The second-order valence-electron chi connectivity index (χ2n) is 9.48. The number of carbonyl (C=O) groups is 1. The first-order valence-corrected chi connectivity index (χ1v) is 11.5. The molecular formula is C21H30N2O3S. The molecule has 0 saturated heterocycles. The maximum Gasteiger partial charge on any atom is 0.241 e. The Morgan fingerprint density at radius 3 is 2.19 bits per heavy atom. The molecule has 5 rings (SSSR count). The van der Waals surface area contributed by atoms with Gasteiger partial charge in [0.1, 0.15) is 5.54 Å². The lowest BCUT2D eigenvalue weighted by Gasteiger charge is -2.54. The molecule has 0 unspecified atom stereocenters. The fourth-order valence-electron chi connectivity index (χ4n) is 5.72. The summed E-state index contributed by atoms with van der Waals surface area (Å²) in [5.41, 5.74) is -0.328. The van der Waals surface area contributed by atoms with E-state index in [0.29, 0.717) is 11.8 Å². The van der Waals surface area contributed by atoms with Gasteiger partial charge >= 0.3 is 0 Å². The third kappa shape index (κ3) is 3.66. The number of benzene rings is 1. The van der Waals surface area contributed by atoms with E-state index in [1.54, 1.807) is 32.0 Å². The molecule has 148 valence electrons. The minimum atomic E-state index is -3.76. The summed E-state index contributed by atoms with van der Waals surface area (Å²) in [5, 5.41) is 3.22. The molecule has 6 heteroatoms. The van der Waals surface area contributed by atoms with Crippen molar-refractivity contribution >= 4 is 15.9 Å². The Morgan fingerprint density at radius 1 is 1.04 bits per heavy atom. The summed E-state index contributed by atoms with van der Waals surface area (Å²) in [4.78, 5) is 13.2. The normalized spacial score (nSPS) is 32.5. The first kappa shape index (κ1) is 18.9. The van der Waals surface area contributed by atoms with Crippen LogP contribution < -0.4 is 10.0 Å². The van der Waals surface area contributed by atoms with Crippen molar-refractivity contribution in [2.75, 3.05) is 0 Å². The summed E-state index contributed by atoms with van der Waals surface area (Å²) in [6.45, 7) is 5.14. The quantitative estimate of drug-likeness (QED) is 0.812. The molecule has 27 heavy (non-hydrogen) atoms. The molecule has 0 spiro atoms. The van der Waals surface area contributed by atoms with Crippen LogP contribution in [0.2, 0.25) is 0 Å². The van der Waals surface area contributed by atoms with Gasteiger partial charge < -0.3 is 5.32 Å². The zero-order valence-corrected chi connectivity index (χ0v) is 17.2. The highest BCUT2D eigenvalue weighted by molar-refractivity contribution is 7.89. The fourth-order valence-corrected chi connectivity index (χ4v) is 7.20. The topological polar surface area (TPSA) is 75.3 Å².